The van der Waals surface area contributed by atoms with Crippen LogP contribution in [0.2, 0.25) is 0 Å². The molecule has 0 unspecified atom stereocenters. The van der Waals surface area contributed by atoms with Crippen molar-refractivity contribution >= 4 is 16.7 Å². The molecule has 0 aliphatic rings. The average Bonchev–Trinajstić information content (AvgIpc) is 2.60. The minimum absolute atomic E-state index is 0.615. The molecule has 0 amide bonds. The first-order valence-corrected chi connectivity index (χ1v) is 4.22. The molecule has 0 spiro atoms. The second-order valence-electron chi connectivity index (χ2n) is 3.16. The summed E-state index contributed by atoms with van der Waals surface area (Å²) in [5.74, 6) is 0. The number of rotatable bonds is 1. The van der Waals surface area contributed by atoms with Crippen LogP contribution in [0.4, 0.5) is 5.69 Å². The van der Waals surface area contributed by atoms with Crippen molar-refractivity contribution in [3.63, 3.8) is 0 Å². The summed E-state index contributed by atoms with van der Waals surface area (Å²) in [6.07, 6.45) is 1.60. The molecule has 0 fully saturated rings. The molecule has 5 nitrogen and oxygen atoms in total. The summed E-state index contributed by atoms with van der Waals surface area (Å²) in [5, 5.41) is 3.67. The van der Waals surface area contributed by atoms with Crippen molar-refractivity contribution in [3.05, 3.63) is 34.0 Å². The average molecular weight is 187 g/mol. The van der Waals surface area contributed by atoms with E-state index in [9.17, 15) is 0 Å². The molecular formula is C9H9N5. The number of hydrogen-bond donors (Lipinski definition) is 1. The highest BCUT2D eigenvalue weighted by atomic mass is 15.1. The molecule has 0 aliphatic carbocycles. The number of azide groups is 1. The summed E-state index contributed by atoms with van der Waals surface area (Å²) in [6, 6.07) is 1.99. The van der Waals surface area contributed by atoms with Crippen molar-refractivity contribution in [2.45, 2.75) is 13.8 Å². The van der Waals surface area contributed by atoms with Gasteiger partial charge in [-0.1, -0.05) is 5.11 Å². The Morgan fingerprint density at radius 2 is 2.29 bits per heavy atom. The molecule has 14 heavy (non-hydrogen) atoms. The number of fused-ring (bicyclic) bond motifs is 1. The fraction of sp³-hybridized carbons (Fsp3) is 0.222. The van der Waals surface area contributed by atoms with Gasteiger partial charge >= 0.3 is 0 Å². The zero-order valence-corrected chi connectivity index (χ0v) is 7.94. The van der Waals surface area contributed by atoms with Crippen LogP contribution in [0.15, 0.2) is 17.5 Å². The zero-order chi connectivity index (χ0) is 10.1. The maximum Gasteiger partial charge on any atom is 0.0981 e. The van der Waals surface area contributed by atoms with E-state index in [1.165, 1.54) is 0 Å². The van der Waals surface area contributed by atoms with Crippen LogP contribution in [-0.2, 0) is 0 Å². The number of imidazole rings is 1. The quantitative estimate of drug-likeness (QED) is 0.415. The van der Waals surface area contributed by atoms with Crippen molar-refractivity contribution in [1.29, 1.82) is 0 Å². The third-order valence-corrected chi connectivity index (χ3v) is 2.35. The Bertz CT molecular complexity index is 533. The Morgan fingerprint density at radius 3 is 3.00 bits per heavy atom. The van der Waals surface area contributed by atoms with Crippen LogP contribution in [0.3, 0.4) is 0 Å². The minimum atomic E-state index is 0.615. The van der Waals surface area contributed by atoms with Gasteiger partial charge in [0.05, 0.1) is 23.0 Å². The van der Waals surface area contributed by atoms with Crippen molar-refractivity contribution < 1.29 is 0 Å². The van der Waals surface area contributed by atoms with Crippen LogP contribution in [-0.4, -0.2) is 9.97 Å². The van der Waals surface area contributed by atoms with Gasteiger partial charge in [-0.05, 0) is 36.6 Å². The predicted octanol–water partition coefficient (Wildman–Crippen LogP) is 3.12. The molecule has 1 aromatic carbocycles. The molecule has 2 rings (SSSR count). The van der Waals surface area contributed by atoms with E-state index in [0.717, 1.165) is 22.2 Å². The topological polar surface area (TPSA) is 77.4 Å². The summed E-state index contributed by atoms with van der Waals surface area (Å²) >= 11 is 0. The largest absolute Gasteiger partial charge is 0.345 e. The third kappa shape index (κ3) is 1.11. The lowest BCUT2D eigenvalue weighted by Gasteiger charge is -2.03. The molecule has 0 saturated carbocycles. The van der Waals surface area contributed by atoms with E-state index < -0.39 is 0 Å². The molecule has 0 saturated heterocycles. The van der Waals surface area contributed by atoms with E-state index >= 15 is 0 Å². The van der Waals surface area contributed by atoms with Gasteiger partial charge in [0.15, 0.2) is 0 Å². The van der Waals surface area contributed by atoms with Crippen molar-refractivity contribution in [3.8, 4) is 0 Å². The molecule has 1 N–H and O–H groups in total. The molecule has 1 aromatic heterocycles. The number of aromatic nitrogens is 2. The molecule has 0 atom stereocenters. The summed E-state index contributed by atoms with van der Waals surface area (Å²) in [7, 11) is 0. The van der Waals surface area contributed by atoms with E-state index in [-0.39, 0.29) is 0 Å². The van der Waals surface area contributed by atoms with Crippen molar-refractivity contribution in [1.82, 2.24) is 9.97 Å². The first-order chi connectivity index (χ1) is 6.74. The van der Waals surface area contributed by atoms with E-state index in [4.69, 9.17) is 5.53 Å². The first kappa shape index (κ1) is 8.59. The van der Waals surface area contributed by atoms with Crippen LogP contribution >= 0.6 is 0 Å². The number of benzene rings is 1. The third-order valence-electron chi connectivity index (χ3n) is 2.35. The van der Waals surface area contributed by atoms with Gasteiger partial charge in [-0.25, -0.2) is 4.98 Å². The molecule has 0 bridgehead atoms. The lowest BCUT2D eigenvalue weighted by atomic mass is 10.1. The van der Waals surface area contributed by atoms with Crippen LogP contribution in [0.1, 0.15) is 11.1 Å². The Labute approximate surface area is 80.4 Å². The SMILES string of the molecule is Cc1cc2[nH]cnc2c(N=[N+]=[N-])c1C. The summed E-state index contributed by atoms with van der Waals surface area (Å²) < 4.78 is 0. The minimum Gasteiger partial charge on any atom is -0.345 e. The number of H-pyrrole nitrogens is 1. The van der Waals surface area contributed by atoms with Crippen molar-refractivity contribution in [2.75, 3.05) is 0 Å². The van der Waals surface area contributed by atoms with Gasteiger partial charge < -0.3 is 4.98 Å². The molecular weight excluding hydrogens is 178 g/mol. The van der Waals surface area contributed by atoms with E-state index in [2.05, 4.69) is 20.0 Å². The van der Waals surface area contributed by atoms with E-state index in [1.807, 2.05) is 19.9 Å². The lowest BCUT2D eigenvalue weighted by molar-refractivity contribution is 1.31. The highest BCUT2D eigenvalue weighted by Gasteiger charge is 2.07. The first-order valence-electron chi connectivity index (χ1n) is 4.22. The fourth-order valence-electron chi connectivity index (χ4n) is 1.46. The van der Waals surface area contributed by atoms with Gasteiger partial charge in [0.2, 0.25) is 0 Å². The molecule has 0 aliphatic heterocycles. The Balaban J connectivity index is 2.93. The van der Waals surface area contributed by atoms with Gasteiger partial charge in [0, 0.05) is 4.91 Å². The van der Waals surface area contributed by atoms with Crippen LogP contribution in [0.5, 0.6) is 0 Å². The normalized spacial score (nSPS) is 10.1. The smallest absolute Gasteiger partial charge is 0.0981 e. The number of hydrogen-bond acceptors (Lipinski definition) is 2. The maximum absolute atomic E-state index is 8.45. The highest BCUT2D eigenvalue weighted by Crippen LogP contribution is 2.30. The monoisotopic (exact) mass is 187 g/mol. The molecule has 2 aromatic rings. The number of aryl methyl sites for hydroxylation is 1. The van der Waals surface area contributed by atoms with Gasteiger partial charge in [-0.3, -0.25) is 0 Å². The Hall–Kier alpha value is -2.00. The van der Waals surface area contributed by atoms with Gasteiger partial charge in [0.1, 0.15) is 0 Å². The summed E-state index contributed by atoms with van der Waals surface area (Å²) in [5.41, 5.74) is 12.8. The summed E-state index contributed by atoms with van der Waals surface area (Å²) in [4.78, 5) is 9.92. The standard InChI is InChI=1S/C9H9N5/c1-5-3-7-9(12-4-11-7)8(6(5)2)13-14-10/h3-4H,1-2H3,(H,11,12). The molecule has 5 heteroatoms. The molecule has 0 radical (unpaired) electrons. The van der Waals surface area contributed by atoms with E-state index in [1.54, 1.807) is 6.33 Å². The Morgan fingerprint density at radius 1 is 1.50 bits per heavy atom. The second-order valence-corrected chi connectivity index (χ2v) is 3.16. The van der Waals surface area contributed by atoms with Gasteiger partial charge in [0.25, 0.3) is 0 Å². The van der Waals surface area contributed by atoms with Crippen LogP contribution in [0, 0.1) is 13.8 Å². The highest BCUT2D eigenvalue weighted by molar-refractivity contribution is 5.89. The number of aromatic amines is 1. The Kier molecular flexibility index (Phi) is 1.87. The lowest BCUT2D eigenvalue weighted by Crippen LogP contribution is -1.83. The van der Waals surface area contributed by atoms with Crippen molar-refractivity contribution in [2.24, 2.45) is 5.11 Å². The van der Waals surface area contributed by atoms with E-state index in [0.29, 0.717) is 5.69 Å². The van der Waals surface area contributed by atoms with Gasteiger partial charge in [-0.15, -0.1) is 0 Å². The zero-order valence-electron chi connectivity index (χ0n) is 7.94. The van der Waals surface area contributed by atoms with Crippen LogP contribution < -0.4 is 0 Å². The molecule has 1 heterocycles. The van der Waals surface area contributed by atoms with Gasteiger partial charge in [-0.2, -0.15) is 0 Å². The predicted molar refractivity (Wildman–Crippen MR) is 54.4 cm³/mol. The summed E-state index contributed by atoms with van der Waals surface area (Å²) in [6.45, 7) is 3.90. The van der Waals surface area contributed by atoms with Crippen LogP contribution in [0.25, 0.3) is 21.5 Å². The number of nitrogens with one attached hydrogen (secondary N) is 1. The maximum atomic E-state index is 8.45. The molecule has 70 valence electrons. The number of nitrogens with zero attached hydrogens (tertiary/aromatic N) is 4. The fourth-order valence-corrected chi connectivity index (χ4v) is 1.46. The second kappa shape index (κ2) is 3.05.